The van der Waals surface area contributed by atoms with Crippen molar-refractivity contribution in [3.05, 3.63) is 0 Å². The van der Waals surface area contributed by atoms with Crippen LogP contribution in [-0.2, 0) is 4.74 Å². The van der Waals surface area contributed by atoms with Crippen molar-refractivity contribution in [3.8, 4) is 0 Å². The fraction of sp³-hybridized carbons (Fsp3) is 1.00. The van der Waals surface area contributed by atoms with Gasteiger partial charge in [0.05, 0.1) is 19.3 Å². The predicted molar refractivity (Wildman–Crippen MR) is 43.9 cm³/mol. The van der Waals surface area contributed by atoms with E-state index in [0.29, 0.717) is 0 Å². The highest BCUT2D eigenvalue weighted by atomic mass is 127. The molecule has 3 heteroatoms. The van der Waals surface area contributed by atoms with Gasteiger partial charge in [0, 0.05) is 3.42 Å². The second-order valence-electron chi connectivity index (χ2n) is 2.73. The fourth-order valence-corrected chi connectivity index (χ4v) is 1.67. The molecule has 0 aromatic carbocycles. The zero-order chi connectivity index (χ0) is 6.91. The van der Waals surface area contributed by atoms with Crippen LogP contribution in [0.25, 0.3) is 0 Å². The van der Waals surface area contributed by atoms with Gasteiger partial charge in [0.2, 0.25) is 0 Å². The number of ether oxygens (including phenoxy) is 1. The quantitative estimate of drug-likeness (QED) is 0.548. The maximum atomic E-state index is 8.67. The first-order chi connectivity index (χ1) is 4.14. The standard InChI is InChI=1S/C6H11IO2/c1-6(7)2-5(3-8)9-4-6/h5,8H,2-4H2,1H3/t5-,6+/m0/s1. The summed E-state index contributed by atoms with van der Waals surface area (Å²) in [7, 11) is 0. The monoisotopic (exact) mass is 242 g/mol. The minimum Gasteiger partial charge on any atom is -0.394 e. The van der Waals surface area contributed by atoms with E-state index >= 15 is 0 Å². The summed E-state index contributed by atoms with van der Waals surface area (Å²) in [5, 5.41) is 8.67. The maximum absolute atomic E-state index is 8.67. The van der Waals surface area contributed by atoms with Crippen molar-refractivity contribution in [2.75, 3.05) is 13.2 Å². The van der Waals surface area contributed by atoms with Crippen molar-refractivity contribution < 1.29 is 9.84 Å². The first-order valence-corrected chi connectivity index (χ1v) is 4.13. The van der Waals surface area contributed by atoms with E-state index < -0.39 is 0 Å². The van der Waals surface area contributed by atoms with E-state index in [1.54, 1.807) is 0 Å². The van der Waals surface area contributed by atoms with Gasteiger partial charge in [0.15, 0.2) is 0 Å². The molecule has 9 heavy (non-hydrogen) atoms. The van der Waals surface area contributed by atoms with Gasteiger partial charge in [-0.25, -0.2) is 0 Å². The third-order valence-electron chi connectivity index (χ3n) is 1.48. The summed E-state index contributed by atoms with van der Waals surface area (Å²) in [6, 6.07) is 0. The Balaban J connectivity index is 2.38. The van der Waals surface area contributed by atoms with E-state index in [-0.39, 0.29) is 16.1 Å². The second-order valence-corrected chi connectivity index (χ2v) is 5.34. The molecule has 1 fully saturated rings. The molecule has 1 saturated heterocycles. The third-order valence-corrected chi connectivity index (χ3v) is 2.23. The van der Waals surface area contributed by atoms with Crippen LogP contribution >= 0.6 is 22.6 Å². The average molecular weight is 242 g/mol. The first kappa shape index (κ1) is 7.75. The van der Waals surface area contributed by atoms with E-state index in [1.165, 1.54) is 0 Å². The lowest BCUT2D eigenvalue weighted by Gasteiger charge is -2.09. The van der Waals surface area contributed by atoms with Gasteiger partial charge in [0.1, 0.15) is 0 Å². The molecule has 0 amide bonds. The van der Waals surface area contributed by atoms with Crippen LogP contribution < -0.4 is 0 Å². The van der Waals surface area contributed by atoms with E-state index in [1.807, 2.05) is 0 Å². The number of rotatable bonds is 1. The molecule has 0 bridgehead atoms. The zero-order valence-corrected chi connectivity index (χ0v) is 7.59. The lowest BCUT2D eigenvalue weighted by molar-refractivity contribution is 0.0585. The Morgan fingerprint density at radius 1 is 1.89 bits per heavy atom. The first-order valence-electron chi connectivity index (χ1n) is 3.05. The SMILES string of the molecule is C[C@]1(I)CO[C@H](CO)C1. The molecule has 0 radical (unpaired) electrons. The summed E-state index contributed by atoms with van der Waals surface area (Å²) in [5.41, 5.74) is 0. The lowest BCUT2D eigenvalue weighted by Crippen LogP contribution is -2.15. The van der Waals surface area contributed by atoms with Crippen LogP contribution in [0.3, 0.4) is 0 Å². The Morgan fingerprint density at radius 3 is 2.78 bits per heavy atom. The Kier molecular flexibility index (Phi) is 2.34. The van der Waals surface area contributed by atoms with Gasteiger partial charge in [-0.3, -0.25) is 0 Å². The van der Waals surface area contributed by atoms with E-state index in [4.69, 9.17) is 9.84 Å². The van der Waals surface area contributed by atoms with Gasteiger partial charge in [-0.2, -0.15) is 0 Å². The smallest absolute Gasteiger partial charge is 0.0819 e. The molecule has 2 atom stereocenters. The van der Waals surface area contributed by atoms with Crippen LogP contribution in [-0.4, -0.2) is 27.8 Å². The summed E-state index contributed by atoms with van der Waals surface area (Å²) in [5.74, 6) is 0. The molecular weight excluding hydrogens is 231 g/mol. The summed E-state index contributed by atoms with van der Waals surface area (Å²) in [4.78, 5) is 0. The van der Waals surface area contributed by atoms with Crippen LogP contribution in [0.5, 0.6) is 0 Å². The van der Waals surface area contributed by atoms with Crippen molar-refractivity contribution in [1.82, 2.24) is 0 Å². The lowest BCUT2D eigenvalue weighted by atomic mass is 10.1. The molecule has 0 aromatic heterocycles. The molecule has 1 aliphatic heterocycles. The number of halogens is 1. The molecule has 1 heterocycles. The molecular formula is C6H11IO2. The van der Waals surface area contributed by atoms with Crippen molar-refractivity contribution >= 4 is 22.6 Å². The molecule has 0 spiro atoms. The number of hydrogen-bond donors (Lipinski definition) is 1. The molecule has 0 aromatic rings. The molecule has 1 rings (SSSR count). The largest absolute Gasteiger partial charge is 0.394 e. The summed E-state index contributed by atoms with van der Waals surface area (Å²) < 4.78 is 5.51. The van der Waals surface area contributed by atoms with Gasteiger partial charge >= 0.3 is 0 Å². The highest BCUT2D eigenvalue weighted by Crippen LogP contribution is 2.31. The average Bonchev–Trinajstić information content (AvgIpc) is 2.10. The van der Waals surface area contributed by atoms with E-state index in [0.717, 1.165) is 13.0 Å². The van der Waals surface area contributed by atoms with E-state index in [9.17, 15) is 0 Å². The molecule has 0 unspecified atom stereocenters. The normalized spacial score (nSPS) is 43.7. The third kappa shape index (κ3) is 2.05. The molecule has 0 aliphatic carbocycles. The van der Waals surface area contributed by atoms with Crippen LogP contribution in [0.1, 0.15) is 13.3 Å². The van der Waals surface area contributed by atoms with Crippen molar-refractivity contribution in [2.45, 2.75) is 22.9 Å². The van der Waals surface area contributed by atoms with Gasteiger partial charge in [-0.05, 0) is 13.3 Å². The fourth-order valence-electron chi connectivity index (χ4n) is 1.00. The Bertz CT molecular complexity index is 103. The topological polar surface area (TPSA) is 29.5 Å². The van der Waals surface area contributed by atoms with Crippen molar-refractivity contribution in [1.29, 1.82) is 0 Å². The summed E-state index contributed by atoms with van der Waals surface area (Å²) in [6.45, 7) is 3.08. The highest BCUT2D eigenvalue weighted by Gasteiger charge is 2.32. The minimum absolute atomic E-state index is 0.0897. The Hall–Kier alpha value is 0.650. The number of aliphatic hydroxyl groups is 1. The van der Waals surface area contributed by atoms with Crippen molar-refractivity contribution in [3.63, 3.8) is 0 Å². The van der Waals surface area contributed by atoms with Gasteiger partial charge in [-0.15, -0.1) is 0 Å². The summed E-state index contributed by atoms with van der Waals surface area (Å²) >= 11 is 2.37. The van der Waals surface area contributed by atoms with Crippen LogP contribution in [0, 0.1) is 0 Å². The van der Waals surface area contributed by atoms with E-state index in [2.05, 4.69) is 29.5 Å². The number of hydrogen-bond acceptors (Lipinski definition) is 2. The summed E-state index contributed by atoms with van der Waals surface area (Å²) in [6.07, 6.45) is 1.07. The maximum Gasteiger partial charge on any atom is 0.0819 e. The number of aliphatic hydroxyl groups excluding tert-OH is 1. The second kappa shape index (κ2) is 2.72. The Labute approximate surface area is 68.7 Å². The Morgan fingerprint density at radius 2 is 2.56 bits per heavy atom. The van der Waals surface area contributed by atoms with Crippen LogP contribution in [0.2, 0.25) is 0 Å². The molecule has 1 N–H and O–H groups in total. The van der Waals surface area contributed by atoms with Gasteiger partial charge in [-0.1, -0.05) is 22.6 Å². The minimum atomic E-state index is 0.0897. The van der Waals surface area contributed by atoms with Crippen LogP contribution in [0.15, 0.2) is 0 Å². The molecule has 2 nitrogen and oxygen atoms in total. The zero-order valence-electron chi connectivity index (χ0n) is 5.43. The highest BCUT2D eigenvalue weighted by molar-refractivity contribution is 14.1. The predicted octanol–water partition coefficient (Wildman–Crippen LogP) is 0.961. The van der Waals surface area contributed by atoms with Gasteiger partial charge < -0.3 is 9.84 Å². The molecule has 0 saturated carbocycles. The molecule has 1 aliphatic rings. The van der Waals surface area contributed by atoms with Crippen molar-refractivity contribution in [2.24, 2.45) is 0 Å². The molecule has 54 valence electrons. The van der Waals surface area contributed by atoms with Gasteiger partial charge in [0.25, 0.3) is 0 Å². The van der Waals surface area contributed by atoms with Crippen LogP contribution in [0.4, 0.5) is 0 Å². The number of alkyl halides is 1.